The van der Waals surface area contributed by atoms with Crippen molar-refractivity contribution in [3.05, 3.63) is 42.0 Å². The summed E-state index contributed by atoms with van der Waals surface area (Å²) in [6.45, 7) is 2.20. The van der Waals surface area contributed by atoms with Gasteiger partial charge >= 0.3 is 0 Å². The van der Waals surface area contributed by atoms with Crippen molar-refractivity contribution in [3.8, 4) is 5.75 Å². The third-order valence-electron chi connectivity index (χ3n) is 4.65. The van der Waals surface area contributed by atoms with Crippen LogP contribution >= 0.6 is 0 Å². The monoisotopic (exact) mass is 330 g/mol. The molecule has 0 heterocycles. The molecule has 0 saturated carbocycles. The lowest BCUT2D eigenvalue weighted by molar-refractivity contribution is 0.474. The normalized spacial score (nSPS) is 11.4. The zero-order valence-corrected chi connectivity index (χ0v) is 15.8. The van der Waals surface area contributed by atoms with Crippen molar-refractivity contribution in [3.63, 3.8) is 0 Å². The van der Waals surface area contributed by atoms with Gasteiger partial charge in [0.25, 0.3) is 0 Å². The van der Waals surface area contributed by atoms with Gasteiger partial charge in [0.2, 0.25) is 0 Å². The summed E-state index contributed by atoms with van der Waals surface area (Å²) in [5.41, 5.74) is 1.26. The molecule has 0 radical (unpaired) electrons. The first-order valence-electron chi connectivity index (χ1n) is 10.3. The Labute approximate surface area is 150 Å². The molecule has 1 N–H and O–H groups in total. The zero-order chi connectivity index (χ0) is 17.3. The van der Waals surface area contributed by atoms with E-state index in [9.17, 15) is 5.11 Å². The highest BCUT2D eigenvalue weighted by Gasteiger charge is 1.96. The van der Waals surface area contributed by atoms with E-state index in [1.165, 1.54) is 89.0 Å². The van der Waals surface area contributed by atoms with Crippen molar-refractivity contribution >= 4 is 0 Å². The summed E-state index contributed by atoms with van der Waals surface area (Å²) in [4.78, 5) is 0. The first-order valence-corrected chi connectivity index (χ1v) is 10.3. The Hall–Kier alpha value is -1.24. The second-order valence-corrected chi connectivity index (χ2v) is 6.98. The summed E-state index contributed by atoms with van der Waals surface area (Å²) >= 11 is 0. The topological polar surface area (TPSA) is 20.2 Å². The highest BCUT2D eigenvalue weighted by molar-refractivity contribution is 5.27. The van der Waals surface area contributed by atoms with E-state index in [1.54, 1.807) is 6.07 Å². The van der Waals surface area contributed by atoms with Gasteiger partial charge in [-0.05, 0) is 49.8 Å². The summed E-state index contributed by atoms with van der Waals surface area (Å²) in [6, 6.07) is 7.68. The maximum Gasteiger partial charge on any atom is 0.115 e. The van der Waals surface area contributed by atoms with Crippen LogP contribution in [0.4, 0.5) is 0 Å². The predicted molar refractivity (Wildman–Crippen MR) is 107 cm³/mol. The smallest absolute Gasteiger partial charge is 0.115 e. The van der Waals surface area contributed by atoms with Gasteiger partial charge < -0.3 is 5.11 Å². The maximum absolute atomic E-state index is 9.44. The van der Waals surface area contributed by atoms with Gasteiger partial charge in [0.05, 0.1) is 0 Å². The molecule has 0 aliphatic carbocycles. The second-order valence-electron chi connectivity index (χ2n) is 6.98. The average Bonchev–Trinajstić information content (AvgIpc) is 2.58. The number of aromatic hydroxyl groups is 1. The molecule has 0 spiro atoms. The summed E-state index contributed by atoms with van der Waals surface area (Å²) in [5, 5.41) is 9.44. The van der Waals surface area contributed by atoms with Crippen LogP contribution in [0.2, 0.25) is 0 Å². The molecule has 0 atom stereocenters. The van der Waals surface area contributed by atoms with Crippen LogP contribution in [0.15, 0.2) is 36.4 Å². The molecule has 1 heteroatoms. The van der Waals surface area contributed by atoms with Gasteiger partial charge in [-0.15, -0.1) is 0 Å². The molecule has 0 amide bonds. The number of phenols is 1. The van der Waals surface area contributed by atoms with E-state index < -0.39 is 0 Å². The first kappa shape index (κ1) is 20.8. The van der Waals surface area contributed by atoms with E-state index in [4.69, 9.17) is 0 Å². The lowest BCUT2D eigenvalue weighted by Crippen LogP contribution is -1.86. The fourth-order valence-electron chi connectivity index (χ4n) is 3.18. The fourth-order valence-corrected chi connectivity index (χ4v) is 3.18. The third-order valence-corrected chi connectivity index (χ3v) is 4.65. The SMILES string of the molecule is CCC=CCCCCCCCCCCCCCc1cccc(O)c1. The van der Waals surface area contributed by atoms with Gasteiger partial charge in [-0.1, -0.05) is 89.0 Å². The van der Waals surface area contributed by atoms with Crippen molar-refractivity contribution < 1.29 is 5.11 Å². The van der Waals surface area contributed by atoms with Crippen molar-refractivity contribution in [2.75, 3.05) is 0 Å². The molecule has 1 rings (SSSR count). The van der Waals surface area contributed by atoms with Gasteiger partial charge in [-0.25, -0.2) is 0 Å². The molecule has 0 aliphatic rings. The van der Waals surface area contributed by atoms with Gasteiger partial charge in [0.1, 0.15) is 5.75 Å². The van der Waals surface area contributed by atoms with Crippen molar-refractivity contribution in [1.82, 2.24) is 0 Å². The summed E-state index contributed by atoms with van der Waals surface area (Å²) in [5.74, 6) is 0.393. The Morgan fingerprint density at radius 1 is 0.750 bits per heavy atom. The third kappa shape index (κ3) is 12.2. The lowest BCUT2D eigenvalue weighted by Gasteiger charge is -2.04. The van der Waals surface area contributed by atoms with E-state index in [2.05, 4.69) is 25.1 Å². The number of rotatable bonds is 15. The summed E-state index contributed by atoms with van der Waals surface area (Å²) in [6.07, 6.45) is 23.4. The highest BCUT2D eigenvalue weighted by atomic mass is 16.3. The first-order chi connectivity index (χ1) is 11.8. The molecule has 0 unspecified atom stereocenters. The summed E-state index contributed by atoms with van der Waals surface area (Å²) < 4.78 is 0. The predicted octanol–water partition coefficient (Wildman–Crippen LogP) is 7.58. The Kier molecular flexibility index (Phi) is 13.3. The van der Waals surface area contributed by atoms with E-state index in [0.29, 0.717) is 5.75 Å². The molecular formula is C23H38O. The lowest BCUT2D eigenvalue weighted by atomic mass is 10.0. The fraction of sp³-hybridized carbons (Fsp3) is 0.652. The Morgan fingerprint density at radius 3 is 1.92 bits per heavy atom. The minimum atomic E-state index is 0.393. The number of hydrogen-bond acceptors (Lipinski definition) is 1. The van der Waals surface area contributed by atoms with Gasteiger partial charge in [-0.2, -0.15) is 0 Å². The zero-order valence-electron chi connectivity index (χ0n) is 15.8. The highest BCUT2D eigenvalue weighted by Crippen LogP contribution is 2.15. The number of aryl methyl sites for hydroxylation is 1. The van der Waals surface area contributed by atoms with Crippen molar-refractivity contribution in [1.29, 1.82) is 0 Å². The van der Waals surface area contributed by atoms with Crippen LogP contribution in [0.25, 0.3) is 0 Å². The molecule has 0 fully saturated rings. The maximum atomic E-state index is 9.44. The van der Waals surface area contributed by atoms with Crippen LogP contribution in [-0.4, -0.2) is 5.11 Å². The molecule has 0 bridgehead atoms. The van der Waals surface area contributed by atoms with Crippen molar-refractivity contribution in [2.45, 2.75) is 96.8 Å². The number of allylic oxidation sites excluding steroid dienone is 2. The molecule has 24 heavy (non-hydrogen) atoms. The molecule has 1 aromatic rings. The number of benzene rings is 1. The Morgan fingerprint density at radius 2 is 1.33 bits per heavy atom. The molecule has 1 nitrogen and oxygen atoms in total. The minimum absolute atomic E-state index is 0.393. The van der Waals surface area contributed by atoms with E-state index in [0.717, 1.165) is 6.42 Å². The van der Waals surface area contributed by atoms with Crippen LogP contribution < -0.4 is 0 Å². The largest absolute Gasteiger partial charge is 0.508 e. The Balaban J connectivity index is 1.78. The summed E-state index contributed by atoms with van der Waals surface area (Å²) in [7, 11) is 0. The molecule has 136 valence electrons. The quantitative estimate of drug-likeness (QED) is 0.259. The van der Waals surface area contributed by atoms with Gasteiger partial charge in [0, 0.05) is 0 Å². The van der Waals surface area contributed by atoms with Crippen molar-refractivity contribution in [2.24, 2.45) is 0 Å². The Bertz CT molecular complexity index is 422. The number of phenolic OH excluding ortho intramolecular Hbond substituents is 1. The van der Waals surface area contributed by atoms with Gasteiger partial charge in [0.15, 0.2) is 0 Å². The number of hydrogen-bond donors (Lipinski definition) is 1. The standard InChI is InChI=1S/C23H38O/c1-2-3-4-5-6-7-8-9-10-11-12-13-14-15-16-18-22-19-17-20-23(24)21-22/h3-4,17,19-21,24H,2,5-16,18H2,1H3. The van der Waals surface area contributed by atoms with Crippen LogP contribution in [-0.2, 0) is 6.42 Å². The van der Waals surface area contributed by atoms with Gasteiger partial charge in [-0.3, -0.25) is 0 Å². The molecule has 0 aromatic heterocycles. The molecular weight excluding hydrogens is 292 g/mol. The second kappa shape index (κ2) is 15.3. The van der Waals surface area contributed by atoms with Crippen LogP contribution in [0, 0.1) is 0 Å². The average molecular weight is 331 g/mol. The van der Waals surface area contributed by atoms with E-state index >= 15 is 0 Å². The molecule has 1 aromatic carbocycles. The minimum Gasteiger partial charge on any atom is -0.508 e. The number of unbranched alkanes of at least 4 members (excludes halogenated alkanes) is 11. The molecule has 0 aliphatic heterocycles. The van der Waals surface area contributed by atoms with E-state index in [1.807, 2.05) is 12.1 Å². The van der Waals surface area contributed by atoms with Crippen LogP contribution in [0.3, 0.4) is 0 Å². The van der Waals surface area contributed by atoms with Crippen LogP contribution in [0.1, 0.15) is 96.0 Å². The molecule has 0 saturated heterocycles. The van der Waals surface area contributed by atoms with Crippen LogP contribution in [0.5, 0.6) is 5.75 Å². The van der Waals surface area contributed by atoms with E-state index in [-0.39, 0.29) is 0 Å².